The Hall–Kier alpha value is -2.57. The molecule has 1 aromatic carbocycles. The quantitative estimate of drug-likeness (QED) is 0.713. The van der Waals surface area contributed by atoms with E-state index < -0.39 is 5.97 Å². The number of carboxylic acids is 1. The molecule has 0 spiro atoms. The first-order valence-electron chi connectivity index (χ1n) is 8.78. The number of furan rings is 1. The number of halogens is 1. The Morgan fingerprint density at radius 2 is 2.04 bits per heavy atom. The molecule has 0 atom stereocenters. The number of benzene rings is 1. The van der Waals surface area contributed by atoms with Crippen LogP contribution in [0.25, 0.3) is 11.3 Å². The van der Waals surface area contributed by atoms with Crippen LogP contribution in [0.1, 0.15) is 33.5 Å². The molecule has 0 unspecified atom stereocenters. The predicted molar refractivity (Wildman–Crippen MR) is 102 cm³/mol. The van der Waals surface area contributed by atoms with Crippen LogP contribution in [-0.4, -0.2) is 38.8 Å². The molecule has 140 valence electrons. The molecule has 1 N–H and O–H groups in total. The van der Waals surface area contributed by atoms with Gasteiger partial charge in [-0.25, -0.2) is 4.79 Å². The minimum absolute atomic E-state index is 0.0718. The number of carboxylic acid groups (broad SMARTS) is 1. The molecule has 3 aromatic rings. The Morgan fingerprint density at radius 1 is 1.26 bits per heavy atom. The van der Waals surface area contributed by atoms with Crippen LogP contribution in [0.2, 0.25) is 5.02 Å². The van der Waals surface area contributed by atoms with Crippen molar-refractivity contribution in [1.29, 1.82) is 0 Å². The van der Waals surface area contributed by atoms with E-state index >= 15 is 0 Å². The largest absolute Gasteiger partial charge is 0.478 e. The van der Waals surface area contributed by atoms with E-state index in [4.69, 9.17) is 16.0 Å². The normalized spacial score (nSPS) is 15.1. The van der Waals surface area contributed by atoms with Crippen LogP contribution in [-0.2, 0) is 6.54 Å². The maximum absolute atomic E-state index is 11.2. The van der Waals surface area contributed by atoms with Crippen LogP contribution in [0.3, 0.4) is 0 Å². The summed E-state index contributed by atoms with van der Waals surface area (Å²) < 4.78 is 8.02. The van der Waals surface area contributed by atoms with Crippen molar-refractivity contribution in [3.8, 4) is 11.3 Å². The summed E-state index contributed by atoms with van der Waals surface area (Å²) in [7, 11) is 0. The van der Waals surface area contributed by atoms with Crippen molar-refractivity contribution in [1.82, 2.24) is 14.7 Å². The van der Waals surface area contributed by atoms with Gasteiger partial charge in [0, 0.05) is 24.3 Å². The van der Waals surface area contributed by atoms with Gasteiger partial charge in [-0.3, -0.25) is 9.58 Å². The predicted octanol–water partition coefficient (Wildman–Crippen LogP) is 4.17. The van der Waals surface area contributed by atoms with Crippen LogP contribution in [0.15, 0.2) is 40.8 Å². The van der Waals surface area contributed by atoms with Crippen LogP contribution in [0.5, 0.6) is 0 Å². The average Bonchev–Trinajstić information content (AvgIpc) is 3.17. The van der Waals surface area contributed by atoms with E-state index in [0.717, 1.165) is 31.1 Å². The molecule has 3 heterocycles. The first kappa shape index (κ1) is 17.8. The molecule has 27 heavy (non-hydrogen) atoms. The highest BCUT2D eigenvalue weighted by Crippen LogP contribution is 2.29. The van der Waals surface area contributed by atoms with Gasteiger partial charge in [-0.2, -0.15) is 5.10 Å². The molecule has 6 nitrogen and oxygen atoms in total. The van der Waals surface area contributed by atoms with Crippen molar-refractivity contribution in [2.24, 2.45) is 0 Å². The van der Waals surface area contributed by atoms with Gasteiger partial charge in [-0.1, -0.05) is 11.6 Å². The summed E-state index contributed by atoms with van der Waals surface area (Å²) in [5.41, 5.74) is 3.01. The lowest BCUT2D eigenvalue weighted by molar-refractivity contribution is 0.0697. The van der Waals surface area contributed by atoms with Crippen molar-refractivity contribution in [2.75, 3.05) is 13.1 Å². The average molecular weight is 386 g/mol. The van der Waals surface area contributed by atoms with E-state index in [1.807, 2.05) is 19.1 Å². The first-order valence-corrected chi connectivity index (χ1v) is 9.15. The first-order chi connectivity index (χ1) is 12.9. The molecule has 0 radical (unpaired) electrons. The number of nitrogens with zero attached hydrogens (tertiary/aromatic N) is 3. The number of rotatable bonds is 5. The molecular weight excluding hydrogens is 366 g/mol. The van der Waals surface area contributed by atoms with E-state index in [1.165, 1.54) is 11.8 Å². The van der Waals surface area contributed by atoms with Crippen LogP contribution < -0.4 is 0 Å². The number of aromatic carboxylic acids is 1. The number of aromatic nitrogens is 2. The van der Waals surface area contributed by atoms with Gasteiger partial charge in [0.25, 0.3) is 0 Å². The van der Waals surface area contributed by atoms with Crippen LogP contribution in [0.4, 0.5) is 0 Å². The fourth-order valence-electron chi connectivity index (χ4n) is 3.52. The molecule has 0 bridgehead atoms. The zero-order chi connectivity index (χ0) is 19.1. The third kappa shape index (κ3) is 3.50. The molecule has 1 aliphatic rings. The van der Waals surface area contributed by atoms with Crippen LogP contribution in [0, 0.1) is 13.8 Å². The molecular formula is C20H20ClN3O3. The lowest BCUT2D eigenvalue weighted by atomic mass is 10.1. The zero-order valence-corrected chi connectivity index (χ0v) is 15.9. The zero-order valence-electron chi connectivity index (χ0n) is 15.1. The van der Waals surface area contributed by atoms with Crippen LogP contribution >= 0.6 is 11.6 Å². The fraction of sp³-hybridized carbons (Fsp3) is 0.300. The molecule has 1 aliphatic heterocycles. The van der Waals surface area contributed by atoms with Gasteiger partial charge in [-0.05, 0) is 50.2 Å². The summed E-state index contributed by atoms with van der Waals surface area (Å²) in [5.74, 6) is 0.438. The standard InChI is InChI=1S/C20H20ClN3O3/c1-12-7-13(2)24(22-12)15-9-23(10-15)11-16-4-6-19(27-16)14-3-5-18(21)17(8-14)20(25)26/h3-8,15H,9-11H2,1-2H3,(H,25,26). The molecule has 0 aliphatic carbocycles. The monoisotopic (exact) mass is 385 g/mol. The Labute approximate surface area is 162 Å². The highest BCUT2D eigenvalue weighted by Gasteiger charge is 2.30. The van der Waals surface area contributed by atoms with E-state index in [0.29, 0.717) is 17.4 Å². The van der Waals surface area contributed by atoms with Crippen molar-refractivity contribution < 1.29 is 14.3 Å². The molecule has 1 fully saturated rings. The minimum atomic E-state index is -1.05. The number of hydrogen-bond donors (Lipinski definition) is 1. The summed E-state index contributed by atoms with van der Waals surface area (Å²) in [4.78, 5) is 13.5. The molecule has 2 aromatic heterocycles. The summed E-state index contributed by atoms with van der Waals surface area (Å²) in [6, 6.07) is 11.2. The Morgan fingerprint density at radius 3 is 2.70 bits per heavy atom. The summed E-state index contributed by atoms with van der Waals surface area (Å²) in [6.07, 6.45) is 0. The Balaban J connectivity index is 1.42. The molecule has 7 heteroatoms. The van der Waals surface area contributed by atoms with E-state index in [9.17, 15) is 9.90 Å². The number of aryl methyl sites for hydroxylation is 2. The maximum Gasteiger partial charge on any atom is 0.337 e. The number of likely N-dealkylation sites (tertiary alicyclic amines) is 1. The summed E-state index contributed by atoms with van der Waals surface area (Å²) in [5, 5.41) is 14.0. The minimum Gasteiger partial charge on any atom is -0.478 e. The van der Waals surface area contributed by atoms with Crippen molar-refractivity contribution >= 4 is 17.6 Å². The molecule has 1 saturated heterocycles. The van der Waals surface area contributed by atoms with Gasteiger partial charge in [0.2, 0.25) is 0 Å². The Bertz CT molecular complexity index is 1000. The second-order valence-corrected chi connectivity index (χ2v) is 7.39. The highest BCUT2D eigenvalue weighted by molar-refractivity contribution is 6.33. The van der Waals surface area contributed by atoms with Gasteiger partial charge in [0.15, 0.2) is 0 Å². The second kappa shape index (κ2) is 6.87. The van der Waals surface area contributed by atoms with Gasteiger partial charge >= 0.3 is 5.97 Å². The van der Waals surface area contributed by atoms with E-state index in [-0.39, 0.29) is 10.6 Å². The smallest absolute Gasteiger partial charge is 0.337 e. The second-order valence-electron chi connectivity index (χ2n) is 6.99. The van der Waals surface area contributed by atoms with Crippen molar-refractivity contribution in [3.05, 3.63) is 64.1 Å². The lowest BCUT2D eigenvalue weighted by Gasteiger charge is -2.39. The topological polar surface area (TPSA) is 71.5 Å². The molecule has 0 saturated carbocycles. The number of hydrogen-bond acceptors (Lipinski definition) is 4. The van der Waals surface area contributed by atoms with Crippen molar-refractivity contribution in [2.45, 2.75) is 26.4 Å². The fourth-order valence-corrected chi connectivity index (χ4v) is 3.72. The summed E-state index contributed by atoms with van der Waals surface area (Å²) >= 11 is 5.93. The number of carbonyl (C=O) groups is 1. The van der Waals surface area contributed by atoms with Crippen molar-refractivity contribution in [3.63, 3.8) is 0 Å². The molecule has 0 amide bonds. The van der Waals surface area contributed by atoms with E-state index in [2.05, 4.69) is 27.7 Å². The van der Waals surface area contributed by atoms with Gasteiger partial charge < -0.3 is 9.52 Å². The Kier molecular flexibility index (Phi) is 4.53. The van der Waals surface area contributed by atoms with Gasteiger partial charge in [-0.15, -0.1) is 0 Å². The van der Waals surface area contributed by atoms with Gasteiger partial charge in [0.1, 0.15) is 11.5 Å². The maximum atomic E-state index is 11.2. The van der Waals surface area contributed by atoms with E-state index in [1.54, 1.807) is 12.1 Å². The lowest BCUT2D eigenvalue weighted by Crippen LogP contribution is -2.47. The summed E-state index contributed by atoms with van der Waals surface area (Å²) in [6.45, 7) is 6.68. The SMILES string of the molecule is Cc1cc(C)n(C2CN(Cc3ccc(-c4ccc(Cl)c(C(=O)O)c4)o3)C2)n1. The third-order valence-electron chi connectivity index (χ3n) is 4.85. The van der Waals surface area contributed by atoms with Gasteiger partial charge in [0.05, 0.1) is 28.9 Å². The third-order valence-corrected chi connectivity index (χ3v) is 5.18. The molecule has 4 rings (SSSR count). The highest BCUT2D eigenvalue weighted by atomic mass is 35.5.